The lowest BCUT2D eigenvalue weighted by Crippen LogP contribution is -2.63. The molecule has 0 aliphatic carbocycles. The molecule has 1 amide bonds. The van der Waals surface area contributed by atoms with Gasteiger partial charge in [-0.05, 0) is 31.2 Å². The molecule has 3 rings (SSSR count). The Morgan fingerprint density at radius 1 is 1.16 bits per heavy atom. The van der Waals surface area contributed by atoms with E-state index < -0.39 is 34.7 Å². The van der Waals surface area contributed by atoms with Crippen molar-refractivity contribution in [3.8, 4) is 11.5 Å². The van der Waals surface area contributed by atoms with E-state index in [0.717, 1.165) is 18.2 Å². The molecule has 2 heterocycles. The maximum Gasteiger partial charge on any atom is 0.453 e. The quantitative estimate of drug-likeness (QED) is 0.896. The Labute approximate surface area is 139 Å². The molecule has 0 spiro atoms. The van der Waals surface area contributed by atoms with Crippen molar-refractivity contribution in [2.75, 3.05) is 7.11 Å². The van der Waals surface area contributed by atoms with Crippen LogP contribution in [0.4, 0.5) is 13.2 Å². The lowest BCUT2D eigenvalue weighted by molar-refractivity contribution is -0.265. The number of nitrogens with one attached hydrogen (secondary N) is 1. The molecule has 0 saturated carbocycles. The zero-order valence-electron chi connectivity index (χ0n) is 13.1. The van der Waals surface area contributed by atoms with Gasteiger partial charge in [0.15, 0.2) is 5.56 Å². The molecule has 0 radical (unpaired) electrons. The first-order chi connectivity index (χ1) is 11.7. The summed E-state index contributed by atoms with van der Waals surface area (Å²) in [6.07, 6.45) is -5.00. The van der Waals surface area contributed by atoms with Crippen LogP contribution in [-0.2, 0) is 5.72 Å². The highest BCUT2D eigenvalue weighted by Gasteiger charge is 2.62. The van der Waals surface area contributed by atoms with Crippen LogP contribution < -0.4 is 20.4 Å². The van der Waals surface area contributed by atoms with E-state index in [2.05, 4.69) is 0 Å². The van der Waals surface area contributed by atoms with Gasteiger partial charge in [0.05, 0.1) is 7.11 Å². The van der Waals surface area contributed by atoms with Crippen molar-refractivity contribution >= 4 is 5.91 Å². The summed E-state index contributed by atoms with van der Waals surface area (Å²) in [6.45, 7) is 1.36. The Morgan fingerprint density at radius 2 is 1.80 bits per heavy atom. The second kappa shape index (κ2) is 5.54. The Morgan fingerprint density at radius 3 is 2.36 bits per heavy atom. The molecule has 1 aliphatic heterocycles. The van der Waals surface area contributed by atoms with E-state index in [0.29, 0.717) is 5.75 Å². The number of hydrogen-bond acceptors (Lipinski definition) is 5. The molecule has 2 aromatic rings. The molecule has 25 heavy (non-hydrogen) atoms. The maximum atomic E-state index is 13.9. The molecular formula is C16H12F3NO5. The smallest absolute Gasteiger partial charge is 0.453 e. The van der Waals surface area contributed by atoms with Gasteiger partial charge in [-0.2, -0.15) is 13.2 Å². The molecule has 1 N–H and O–H groups in total. The van der Waals surface area contributed by atoms with E-state index >= 15 is 0 Å². The summed E-state index contributed by atoms with van der Waals surface area (Å²) in [5.41, 5.74) is -5.19. The highest BCUT2D eigenvalue weighted by Crippen LogP contribution is 2.44. The lowest BCUT2D eigenvalue weighted by Gasteiger charge is -2.39. The molecule has 0 bridgehead atoms. The molecule has 1 unspecified atom stereocenters. The number of fused-ring (bicyclic) bond motifs is 1. The van der Waals surface area contributed by atoms with Crippen LogP contribution in [0.2, 0.25) is 0 Å². The molecule has 1 aromatic carbocycles. The van der Waals surface area contributed by atoms with Crippen molar-refractivity contribution in [1.29, 1.82) is 0 Å². The van der Waals surface area contributed by atoms with Crippen molar-refractivity contribution < 1.29 is 31.9 Å². The van der Waals surface area contributed by atoms with Crippen LogP contribution in [0.5, 0.6) is 11.5 Å². The van der Waals surface area contributed by atoms with Gasteiger partial charge in [0.1, 0.15) is 17.3 Å². The average molecular weight is 355 g/mol. The zero-order valence-corrected chi connectivity index (χ0v) is 13.1. The summed E-state index contributed by atoms with van der Waals surface area (Å²) in [6, 6.07) is 5.92. The number of aryl methyl sites for hydroxylation is 1. The van der Waals surface area contributed by atoms with E-state index in [1.807, 2.05) is 0 Å². The molecule has 1 aromatic heterocycles. The van der Waals surface area contributed by atoms with Crippen molar-refractivity contribution in [2.45, 2.75) is 18.8 Å². The van der Waals surface area contributed by atoms with E-state index in [1.54, 1.807) is 5.32 Å². The normalized spacial score (nSPS) is 19.6. The van der Waals surface area contributed by atoms with Crippen LogP contribution in [0, 0.1) is 6.92 Å². The minimum atomic E-state index is -5.00. The fraction of sp³-hybridized carbons (Fsp3) is 0.250. The fourth-order valence-electron chi connectivity index (χ4n) is 2.53. The van der Waals surface area contributed by atoms with Gasteiger partial charge < -0.3 is 19.2 Å². The third-order valence-electron chi connectivity index (χ3n) is 3.71. The monoisotopic (exact) mass is 355 g/mol. The van der Waals surface area contributed by atoms with E-state index in [9.17, 15) is 22.8 Å². The fourth-order valence-corrected chi connectivity index (χ4v) is 2.53. The largest absolute Gasteiger partial charge is 0.497 e. The number of hydrogen-bond donors (Lipinski definition) is 1. The number of benzene rings is 1. The molecule has 9 heteroatoms. The van der Waals surface area contributed by atoms with Crippen LogP contribution in [0.15, 0.2) is 39.5 Å². The summed E-state index contributed by atoms with van der Waals surface area (Å²) in [5, 5.41) is 1.75. The van der Waals surface area contributed by atoms with Crippen molar-refractivity contribution in [1.82, 2.24) is 5.32 Å². The average Bonchev–Trinajstić information content (AvgIpc) is 2.52. The van der Waals surface area contributed by atoms with Crippen molar-refractivity contribution in [3.05, 3.63) is 57.6 Å². The maximum absolute atomic E-state index is 13.9. The Kier molecular flexibility index (Phi) is 3.74. The van der Waals surface area contributed by atoms with Gasteiger partial charge in [0.2, 0.25) is 0 Å². The van der Waals surface area contributed by atoms with Crippen molar-refractivity contribution in [2.24, 2.45) is 0 Å². The van der Waals surface area contributed by atoms with Crippen LogP contribution in [-0.4, -0.2) is 19.2 Å². The van der Waals surface area contributed by atoms with Gasteiger partial charge in [-0.15, -0.1) is 0 Å². The first-order valence-electron chi connectivity index (χ1n) is 7.05. The van der Waals surface area contributed by atoms with Crippen LogP contribution in [0.1, 0.15) is 21.7 Å². The first kappa shape index (κ1) is 16.9. The van der Waals surface area contributed by atoms with Crippen LogP contribution in [0.3, 0.4) is 0 Å². The predicted molar refractivity (Wildman–Crippen MR) is 78.5 cm³/mol. The Balaban J connectivity index is 2.21. The summed E-state index contributed by atoms with van der Waals surface area (Å²) < 4.78 is 56.4. The number of rotatable bonds is 2. The SMILES string of the molecule is COc1ccc(C2(C(F)(F)F)NC(=O)c3c(cc(C)oc3=O)O2)cc1. The minimum Gasteiger partial charge on any atom is -0.497 e. The number of carbonyl (C=O) groups is 1. The molecule has 1 aliphatic rings. The number of ether oxygens (including phenoxy) is 2. The number of amides is 1. The van der Waals surface area contributed by atoms with E-state index in [-0.39, 0.29) is 11.3 Å². The second-order valence-corrected chi connectivity index (χ2v) is 5.35. The number of alkyl halides is 3. The highest BCUT2D eigenvalue weighted by molar-refractivity contribution is 5.98. The van der Waals surface area contributed by atoms with E-state index in [1.165, 1.54) is 26.2 Å². The van der Waals surface area contributed by atoms with E-state index in [4.69, 9.17) is 13.9 Å². The van der Waals surface area contributed by atoms with Crippen LogP contribution >= 0.6 is 0 Å². The first-order valence-corrected chi connectivity index (χ1v) is 7.05. The van der Waals surface area contributed by atoms with Gasteiger partial charge >= 0.3 is 17.5 Å². The zero-order chi connectivity index (χ0) is 18.4. The molecule has 0 fully saturated rings. The molecule has 0 saturated heterocycles. The Hall–Kier alpha value is -2.97. The van der Waals surface area contributed by atoms with Gasteiger partial charge in [0.25, 0.3) is 5.91 Å². The third kappa shape index (κ3) is 2.61. The molecule has 1 atom stereocenters. The summed E-state index contributed by atoms with van der Waals surface area (Å²) in [5.74, 6) is -1.38. The van der Waals surface area contributed by atoms with Crippen LogP contribution in [0.25, 0.3) is 0 Å². The summed E-state index contributed by atoms with van der Waals surface area (Å²) in [4.78, 5) is 24.0. The Bertz CT molecular complexity index is 888. The minimum absolute atomic E-state index is 0.0178. The predicted octanol–water partition coefficient (Wildman–Crippen LogP) is 2.49. The molecule has 132 valence electrons. The third-order valence-corrected chi connectivity index (χ3v) is 3.71. The highest BCUT2D eigenvalue weighted by atomic mass is 19.4. The second-order valence-electron chi connectivity index (χ2n) is 5.35. The standard InChI is InChI=1S/C16H12F3NO5/c1-8-7-11-12(14(22)24-8)13(21)20-15(25-11,16(17,18)19)9-3-5-10(23-2)6-4-9/h3-7H,1-2H3,(H,20,21). The van der Waals surface area contributed by atoms with Gasteiger partial charge in [-0.25, -0.2) is 4.79 Å². The van der Waals surface area contributed by atoms with Gasteiger partial charge in [0, 0.05) is 11.6 Å². The number of methoxy groups -OCH3 is 1. The van der Waals surface area contributed by atoms with Gasteiger partial charge in [-0.3, -0.25) is 4.79 Å². The van der Waals surface area contributed by atoms with Gasteiger partial charge in [-0.1, -0.05) is 0 Å². The van der Waals surface area contributed by atoms with Crippen molar-refractivity contribution in [3.63, 3.8) is 0 Å². The summed E-state index contributed by atoms with van der Waals surface area (Å²) in [7, 11) is 1.37. The summed E-state index contributed by atoms with van der Waals surface area (Å²) >= 11 is 0. The lowest BCUT2D eigenvalue weighted by atomic mass is 9.98. The topological polar surface area (TPSA) is 77.8 Å². The molecule has 6 nitrogen and oxygen atoms in total. The molecular weight excluding hydrogens is 343 g/mol. The number of halogens is 3. The number of carbonyl (C=O) groups excluding carboxylic acids is 1.